The molecule has 0 saturated heterocycles. The van der Waals surface area contributed by atoms with Crippen LogP contribution in [0.1, 0.15) is 11.4 Å². The highest BCUT2D eigenvalue weighted by Crippen LogP contribution is 2.33. The topological polar surface area (TPSA) is 53.1 Å². The minimum absolute atomic E-state index is 0.599. The molecule has 0 radical (unpaired) electrons. The number of rotatable bonds is 2. The van der Waals surface area contributed by atoms with Gasteiger partial charge in [-0.15, -0.1) is 0 Å². The van der Waals surface area contributed by atoms with Crippen LogP contribution < -0.4 is 10.5 Å². The van der Waals surface area contributed by atoms with Crippen molar-refractivity contribution in [2.75, 3.05) is 5.73 Å². The molecule has 0 amide bonds. The van der Waals surface area contributed by atoms with Crippen LogP contribution in [0, 0.1) is 13.8 Å². The van der Waals surface area contributed by atoms with Crippen molar-refractivity contribution in [3.8, 4) is 11.5 Å². The highest BCUT2D eigenvalue weighted by atomic mass is 79.9. The van der Waals surface area contributed by atoms with E-state index < -0.39 is 0 Å². The van der Waals surface area contributed by atoms with Crippen LogP contribution in [0.5, 0.6) is 11.5 Å². The molecule has 90 valence electrons. The molecule has 0 fully saturated rings. The number of halogens is 1. The fourth-order valence-electron chi connectivity index (χ4n) is 1.62. The van der Waals surface area contributed by atoms with Crippen LogP contribution in [0.4, 0.5) is 5.69 Å². The fraction of sp³-hybridized carbons (Fsp3) is 0.250. The van der Waals surface area contributed by atoms with E-state index in [1.807, 2.05) is 39.1 Å². The van der Waals surface area contributed by atoms with Gasteiger partial charge in [-0.3, -0.25) is 4.68 Å². The molecule has 2 rings (SSSR count). The van der Waals surface area contributed by atoms with Gasteiger partial charge in [0.1, 0.15) is 5.69 Å². The Hall–Kier alpha value is -1.49. The van der Waals surface area contributed by atoms with Crippen molar-refractivity contribution in [2.45, 2.75) is 13.8 Å². The van der Waals surface area contributed by atoms with Gasteiger partial charge in [-0.05, 0) is 32.0 Å². The standard InChI is InChI=1S/C12H14BrN3O/c1-7-12(8(2)16(3)15-7)17-11-5-4-9(13)6-10(11)14/h4-6H,14H2,1-3H3. The monoisotopic (exact) mass is 295 g/mol. The zero-order valence-corrected chi connectivity index (χ0v) is 11.6. The smallest absolute Gasteiger partial charge is 0.171 e. The van der Waals surface area contributed by atoms with E-state index in [2.05, 4.69) is 21.0 Å². The summed E-state index contributed by atoms with van der Waals surface area (Å²) in [5, 5.41) is 4.30. The Bertz CT molecular complexity index is 563. The number of ether oxygens (including phenoxy) is 1. The lowest BCUT2D eigenvalue weighted by Crippen LogP contribution is -1.95. The van der Waals surface area contributed by atoms with Crippen LogP contribution >= 0.6 is 15.9 Å². The van der Waals surface area contributed by atoms with E-state index in [0.29, 0.717) is 11.4 Å². The Balaban J connectivity index is 2.38. The van der Waals surface area contributed by atoms with E-state index in [9.17, 15) is 0 Å². The third-order valence-corrected chi connectivity index (χ3v) is 3.12. The van der Waals surface area contributed by atoms with Gasteiger partial charge in [0, 0.05) is 11.5 Å². The molecule has 0 atom stereocenters. The average Bonchev–Trinajstić information content (AvgIpc) is 2.48. The van der Waals surface area contributed by atoms with Crippen molar-refractivity contribution in [1.29, 1.82) is 0 Å². The second-order valence-corrected chi connectivity index (χ2v) is 4.82. The highest BCUT2D eigenvalue weighted by molar-refractivity contribution is 9.10. The molecule has 0 unspecified atom stereocenters. The molecule has 2 N–H and O–H groups in total. The number of anilines is 1. The third-order valence-electron chi connectivity index (χ3n) is 2.63. The average molecular weight is 296 g/mol. The second-order valence-electron chi connectivity index (χ2n) is 3.91. The summed E-state index contributed by atoms with van der Waals surface area (Å²) in [6, 6.07) is 5.55. The summed E-state index contributed by atoms with van der Waals surface area (Å²) >= 11 is 3.36. The first kappa shape index (κ1) is 12.0. The van der Waals surface area contributed by atoms with Crippen LogP contribution in [0.15, 0.2) is 22.7 Å². The van der Waals surface area contributed by atoms with Crippen molar-refractivity contribution in [1.82, 2.24) is 9.78 Å². The Kier molecular flexibility index (Phi) is 3.11. The maximum Gasteiger partial charge on any atom is 0.171 e. The molecule has 0 saturated carbocycles. The zero-order chi connectivity index (χ0) is 12.6. The molecule has 1 heterocycles. The van der Waals surface area contributed by atoms with Crippen molar-refractivity contribution in [3.05, 3.63) is 34.1 Å². The Morgan fingerprint density at radius 2 is 2.06 bits per heavy atom. The van der Waals surface area contributed by atoms with E-state index in [1.165, 1.54) is 0 Å². The molecule has 0 aliphatic carbocycles. The van der Waals surface area contributed by atoms with Crippen molar-refractivity contribution in [2.24, 2.45) is 7.05 Å². The molecule has 4 nitrogen and oxygen atoms in total. The van der Waals surface area contributed by atoms with Gasteiger partial charge in [-0.1, -0.05) is 15.9 Å². The normalized spacial score (nSPS) is 10.6. The van der Waals surface area contributed by atoms with E-state index in [-0.39, 0.29) is 0 Å². The molecule has 1 aromatic carbocycles. The quantitative estimate of drug-likeness (QED) is 0.866. The molecule has 0 aliphatic rings. The van der Waals surface area contributed by atoms with E-state index >= 15 is 0 Å². The summed E-state index contributed by atoms with van der Waals surface area (Å²) < 4.78 is 8.54. The van der Waals surface area contributed by atoms with Gasteiger partial charge in [0.2, 0.25) is 0 Å². The number of hydrogen-bond donors (Lipinski definition) is 1. The Morgan fingerprint density at radius 3 is 2.59 bits per heavy atom. The molecule has 0 bridgehead atoms. The molecule has 0 spiro atoms. The fourth-order valence-corrected chi connectivity index (χ4v) is 2.00. The summed E-state index contributed by atoms with van der Waals surface area (Å²) in [6.45, 7) is 3.88. The maximum absolute atomic E-state index is 5.89. The molecule has 0 aliphatic heterocycles. The van der Waals surface area contributed by atoms with Crippen LogP contribution in [-0.2, 0) is 7.05 Å². The van der Waals surface area contributed by atoms with E-state index in [4.69, 9.17) is 10.5 Å². The lowest BCUT2D eigenvalue weighted by Gasteiger charge is -2.08. The van der Waals surface area contributed by atoms with Gasteiger partial charge in [0.25, 0.3) is 0 Å². The zero-order valence-electron chi connectivity index (χ0n) is 9.99. The number of nitrogen functional groups attached to an aromatic ring is 1. The highest BCUT2D eigenvalue weighted by Gasteiger charge is 2.12. The molecular weight excluding hydrogens is 282 g/mol. The summed E-state index contributed by atoms with van der Waals surface area (Å²) in [5.74, 6) is 1.41. The Labute approximate surface area is 109 Å². The van der Waals surface area contributed by atoms with Crippen LogP contribution in [0.25, 0.3) is 0 Å². The summed E-state index contributed by atoms with van der Waals surface area (Å²) in [6.07, 6.45) is 0. The molecule has 17 heavy (non-hydrogen) atoms. The van der Waals surface area contributed by atoms with Gasteiger partial charge in [0.05, 0.1) is 11.4 Å². The van der Waals surface area contributed by atoms with Gasteiger partial charge in [0.15, 0.2) is 11.5 Å². The molecular formula is C12H14BrN3O. The number of benzene rings is 1. The lowest BCUT2D eigenvalue weighted by atomic mass is 10.3. The summed E-state index contributed by atoms with van der Waals surface area (Å²) in [4.78, 5) is 0. The molecule has 2 aromatic rings. The predicted octanol–water partition coefficient (Wildman–Crippen LogP) is 3.17. The van der Waals surface area contributed by atoms with E-state index in [1.54, 1.807) is 4.68 Å². The summed E-state index contributed by atoms with van der Waals surface area (Å²) in [5.41, 5.74) is 8.32. The number of nitrogens with two attached hydrogens (primary N) is 1. The first-order chi connectivity index (χ1) is 7.99. The summed E-state index contributed by atoms with van der Waals surface area (Å²) in [7, 11) is 1.89. The SMILES string of the molecule is Cc1nn(C)c(C)c1Oc1ccc(Br)cc1N. The number of hydrogen-bond acceptors (Lipinski definition) is 3. The van der Waals surface area contributed by atoms with Crippen LogP contribution in [0.3, 0.4) is 0 Å². The van der Waals surface area contributed by atoms with Crippen molar-refractivity contribution < 1.29 is 4.74 Å². The van der Waals surface area contributed by atoms with Gasteiger partial charge >= 0.3 is 0 Å². The number of aromatic nitrogens is 2. The lowest BCUT2D eigenvalue weighted by molar-refractivity contribution is 0.476. The largest absolute Gasteiger partial charge is 0.451 e. The second kappa shape index (κ2) is 4.41. The van der Waals surface area contributed by atoms with Gasteiger partial charge in [-0.25, -0.2) is 0 Å². The van der Waals surface area contributed by atoms with Gasteiger partial charge < -0.3 is 10.5 Å². The minimum atomic E-state index is 0.599. The van der Waals surface area contributed by atoms with Crippen LogP contribution in [0.2, 0.25) is 0 Å². The molecule has 1 aromatic heterocycles. The Morgan fingerprint density at radius 1 is 1.35 bits per heavy atom. The van der Waals surface area contributed by atoms with Crippen molar-refractivity contribution >= 4 is 21.6 Å². The third kappa shape index (κ3) is 2.29. The van der Waals surface area contributed by atoms with Crippen LogP contribution in [-0.4, -0.2) is 9.78 Å². The van der Waals surface area contributed by atoms with Crippen molar-refractivity contribution in [3.63, 3.8) is 0 Å². The predicted molar refractivity (Wildman–Crippen MR) is 71.3 cm³/mol. The van der Waals surface area contributed by atoms with Gasteiger partial charge in [-0.2, -0.15) is 5.10 Å². The van der Waals surface area contributed by atoms with E-state index in [0.717, 1.165) is 21.6 Å². The number of nitrogens with zero attached hydrogens (tertiary/aromatic N) is 2. The maximum atomic E-state index is 5.89. The minimum Gasteiger partial charge on any atom is -0.451 e. The number of aryl methyl sites for hydroxylation is 2. The first-order valence-corrected chi connectivity index (χ1v) is 6.01. The first-order valence-electron chi connectivity index (χ1n) is 5.22. The molecule has 5 heteroatoms.